The van der Waals surface area contributed by atoms with Crippen molar-refractivity contribution in [3.05, 3.63) is 63.7 Å². The zero-order chi connectivity index (χ0) is 18.7. The summed E-state index contributed by atoms with van der Waals surface area (Å²) in [5.41, 5.74) is 2.34. The third-order valence-electron chi connectivity index (χ3n) is 4.41. The molecule has 0 saturated carbocycles. The highest BCUT2D eigenvalue weighted by Crippen LogP contribution is 2.27. The van der Waals surface area contributed by atoms with Crippen LogP contribution in [0.5, 0.6) is 0 Å². The number of nitrogens with zero attached hydrogens (tertiary/aromatic N) is 2. The molecule has 134 valence electrons. The molecule has 0 radical (unpaired) electrons. The van der Waals surface area contributed by atoms with E-state index < -0.39 is 4.92 Å². The van der Waals surface area contributed by atoms with Gasteiger partial charge in [0.15, 0.2) is 5.78 Å². The maximum absolute atomic E-state index is 11.8. The zero-order valence-electron chi connectivity index (χ0n) is 14.4. The molecule has 7 heteroatoms. The quantitative estimate of drug-likeness (QED) is 0.487. The molecule has 1 fully saturated rings. The molecule has 0 unspecified atom stereocenters. The van der Waals surface area contributed by atoms with Gasteiger partial charge in [0.05, 0.1) is 4.92 Å². The molecule has 1 saturated heterocycles. The minimum atomic E-state index is -0.503. The van der Waals surface area contributed by atoms with E-state index in [1.165, 1.54) is 13.0 Å². The van der Waals surface area contributed by atoms with Crippen LogP contribution in [0.3, 0.4) is 0 Å². The molecular weight excluding hydrogens is 334 g/mol. The van der Waals surface area contributed by atoms with E-state index in [0.717, 1.165) is 24.2 Å². The number of nitro groups is 1. The SMILES string of the molecule is CC(=O)c1ccc(NCc2ccc(N3CCCC3=O)cc2)c([N+](=O)[O-])c1. The predicted octanol–water partition coefficient (Wildman–Crippen LogP) is 3.54. The fourth-order valence-corrected chi connectivity index (χ4v) is 2.96. The van der Waals surface area contributed by atoms with Crippen molar-refractivity contribution in [3.8, 4) is 0 Å². The normalized spacial score (nSPS) is 13.7. The molecule has 1 aliphatic rings. The van der Waals surface area contributed by atoms with E-state index in [0.29, 0.717) is 24.2 Å². The molecule has 2 aromatic rings. The average Bonchev–Trinajstić information content (AvgIpc) is 3.06. The molecule has 0 bridgehead atoms. The standard InChI is InChI=1S/C19H19N3O4/c1-13(23)15-6-9-17(18(11-15)22(25)26)20-12-14-4-7-16(8-5-14)21-10-2-3-19(21)24/h4-9,11,20H,2-3,10,12H2,1H3. The molecule has 0 spiro atoms. The number of carbonyl (C=O) groups excluding carboxylic acids is 2. The molecule has 1 aliphatic heterocycles. The van der Waals surface area contributed by atoms with Crippen molar-refractivity contribution in [1.29, 1.82) is 0 Å². The summed E-state index contributed by atoms with van der Waals surface area (Å²) in [5, 5.41) is 14.3. The van der Waals surface area contributed by atoms with Gasteiger partial charge in [0.1, 0.15) is 5.69 Å². The highest BCUT2D eigenvalue weighted by molar-refractivity contribution is 5.96. The lowest BCUT2D eigenvalue weighted by Crippen LogP contribution is -2.23. The van der Waals surface area contributed by atoms with Crippen LogP contribution >= 0.6 is 0 Å². The first-order valence-electron chi connectivity index (χ1n) is 8.38. The van der Waals surface area contributed by atoms with E-state index in [-0.39, 0.29) is 17.4 Å². The maximum Gasteiger partial charge on any atom is 0.293 e. The number of rotatable bonds is 6. The number of hydrogen-bond acceptors (Lipinski definition) is 5. The van der Waals surface area contributed by atoms with Crippen molar-refractivity contribution in [1.82, 2.24) is 0 Å². The molecule has 1 amide bonds. The number of benzene rings is 2. The molecule has 26 heavy (non-hydrogen) atoms. The van der Waals surface area contributed by atoms with Crippen LogP contribution in [0.25, 0.3) is 0 Å². The van der Waals surface area contributed by atoms with Crippen LogP contribution in [0, 0.1) is 10.1 Å². The molecule has 0 aromatic heterocycles. The number of hydrogen-bond donors (Lipinski definition) is 1. The number of Topliss-reactive ketones (excluding diaryl/α,β-unsaturated/α-hetero) is 1. The summed E-state index contributed by atoms with van der Waals surface area (Å²) in [6.45, 7) is 2.51. The van der Waals surface area contributed by atoms with E-state index >= 15 is 0 Å². The van der Waals surface area contributed by atoms with Gasteiger partial charge >= 0.3 is 0 Å². The van der Waals surface area contributed by atoms with Crippen LogP contribution in [0.4, 0.5) is 17.1 Å². The van der Waals surface area contributed by atoms with E-state index in [1.54, 1.807) is 17.0 Å². The van der Waals surface area contributed by atoms with Crippen LogP contribution in [0.2, 0.25) is 0 Å². The van der Waals surface area contributed by atoms with Gasteiger partial charge in [0.25, 0.3) is 5.69 Å². The smallest absolute Gasteiger partial charge is 0.293 e. The van der Waals surface area contributed by atoms with Gasteiger partial charge in [-0.3, -0.25) is 19.7 Å². The number of amides is 1. The third-order valence-corrected chi connectivity index (χ3v) is 4.41. The molecule has 0 aliphatic carbocycles. The van der Waals surface area contributed by atoms with Crippen molar-refractivity contribution < 1.29 is 14.5 Å². The Labute approximate surface area is 150 Å². The number of carbonyl (C=O) groups is 2. The van der Waals surface area contributed by atoms with E-state index in [1.807, 2.05) is 24.3 Å². The predicted molar refractivity (Wildman–Crippen MR) is 98.5 cm³/mol. The first-order valence-corrected chi connectivity index (χ1v) is 8.38. The molecular formula is C19H19N3O4. The Kier molecular flexibility index (Phi) is 4.97. The molecule has 7 nitrogen and oxygen atoms in total. The van der Waals surface area contributed by atoms with Crippen LogP contribution in [0.1, 0.15) is 35.7 Å². The second-order valence-corrected chi connectivity index (χ2v) is 6.21. The lowest BCUT2D eigenvalue weighted by Gasteiger charge is -2.16. The Balaban J connectivity index is 1.71. The first-order chi connectivity index (χ1) is 12.5. The van der Waals surface area contributed by atoms with Gasteiger partial charge in [0.2, 0.25) is 5.91 Å². The van der Waals surface area contributed by atoms with Crippen molar-refractivity contribution in [2.75, 3.05) is 16.8 Å². The second kappa shape index (κ2) is 7.35. The topological polar surface area (TPSA) is 92.6 Å². The Morgan fingerprint density at radius 3 is 2.54 bits per heavy atom. The van der Waals surface area contributed by atoms with Gasteiger partial charge in [-0.2, -0.15) is 0 Å². The molecule has 2 aromatic carbocycles. The molecule has 1 heterocycles. The maximum atomic E-state index is 11.8. The third kappa shape index (κ3) is 3.72. The van der Waals surface area contributed by atoms with Gasteiger partial charge in [-0.1, -0.05) is 12.1 Å². The van der Waals surface area contributed by atoms with Gasteiger partial charge in [-0.25, -0.2) is 0 Å². The highest BCUT2D eigenvalue weighted by atomic mass is 16.6. The van der Waals surface area contributed by atoms with Gasteiger partial charge in [0, 0.05) is 36.8 Å². The summed E-state index contributed by atoms with van der Waals surface area (Å²) in [7, 11) is 0. The van der Waals surface area contributed by atoms with Crippen LogP contribution < -0.4 is 10.2 Å². The number of ketones is 1. The molecule has 3 rings (SSSR count). The monoisotopic (exact) mass is 353 g/mol. The lowest BCUT2D eigenvalue weighted by atomic mass is 10.1. The molecule has 1 N–H and O–H groups in total. The van der Waals surface area contributed by atoms with Gasteiger partial charge in [-0.15, -0.1) is 0 Å². The van der Waals surface area contributed by atoms with Crippen molar-refractivity contribution in [2.45, 2.75) is 26.3 Å². The van der Waals surface area contributed by atoms with Crippen molar-refractivity contribution in [3.63, 3.8) is 0 Å². The van der Waals surface area contributed by atoms with E-state index in [2.05, 4.69) is 5.32 Å². The summed E-state index contributed by atoms with van der Waals surface area (Å²) >= 11 is 0. The largest absolute Gasteiger partial charge is 0.375 e. The number of nitro benzene ring substituents is 1. The fourth-order valence-electron chi connectivity index (χ4n) is 2.96. The zero-order valence-corrected chi connectivity index (χ0v) is 14.4. The van der Waals surface area contributed by atoms with Crippen LogP contribution in [-0.2, 0) is 11.3 Å². The van der Waals surface area contributed by atoms with Crippen molar-refractivity contribution >= 4 is 28.8 Å². The Morgan fingerprint density at radius 1 is 1.23 bits per heavy atom. The Hall–Kier alpha value is -3.22. The van der Waals surface area contributed by atoms with Crippen LogP contribution in [0.15, 0.2) is 42.5 Å². The minimum absolute atomic E-state index is 0.128. The van der Waals surface area contributed by atoms with Crippen LogP contribution in [-0.4, -0.2) is 23.2 Å². The molecule has 0 atom stereocenters. The Morgan fingerprint density at radius 2 is 1.96 bits per heavy atom. The first kappa shape index (κ1) is 17.6. The number of anilines is 2. The summed E-state index contributed by atoms with van der Waals surface area (Å²) in [4.78, 5) is 35.7. The minimum Gasteiger partial charge on any atom is -0.375 e. The number of nitrogens with one attached hydrogen (secondary N) is 1. The summed E-state index contributed by atoms with van der Waals surface area (Å²) < 4.78 is 0. The Bertz CT molecular complexity index is 862. The van der Waals surface area contributed by atoms with E-state index in [9.17, 15) is 19.7 Å². The summed E-state index contributed by atoms with van der Waals surface area (Å²) in [6.07, 6.45) is 1.46. The van der Waals surface area contributed by atoms with Crippen molar-refractivity contribution in [2.24, 2.45) is 0 Å². The summed E-state index contributed by atoms with van der Waals surface area (Å²) in [6, 6.07) is 12.0. The van der Waals surface area contributed by atoms with E-state index in [4.69, 9.17) is 0 Å². The fraction of sp³-hybridized carbons (Fsp3) is 0.263. The second-order valence-electron chi connectivity index (χ2n) is 6.21. The summed E-state index contributed by atoms with van der Waals surface area (Å²) in [5.74, 6) is -0.0799. The highest BCUT2D eigenvalue weighted by Gasteiger charge is 2.21. The van der Waals surface area contributed by atoms with Gasteiger partial charge in [-0.05, 0) is 43.2 Å². The average molecular weight is 353 g/mol. The lowest BCUT2D eigenvalue weighted by molar-refractivity contribution is -0.384. The van der Waals surface area contributed by atoms with Gasteiger partial charge < -0.3 is 10.2 Å².